The molecule has 0 aliphatic carbocycles. The van der Waals surface area contributed by atoms with Crippen molar-refractivity contribution in [1.82, 2.24) is 9.55 Å². The van der Waals surface area contributed by atoms with Crippen LogP contribution in [0.25, 0.3) is 21.8 Å². The number of para-hydroxylation sites is 1. The average Bonchev–Trinajstić information content (AvgIpc) is 2.68. The Hall–Kier alpha value is -3.87. The fourth-order valence-electron chi connectivity index (χ4n) is 3.20. The third kappa shape index (κ3) is 2.92. The number of hydrazone groups is 1. The zero-order chi connectivity index (χ0) is 19.8. The third-order valence-corrected chi connectivity index (χ3v) is 4.71. The smallest absolute Gasteiger partial charge is 0.261 e. The molecule has 0 fully saturated rings. The summed E-state index contributed by atoms with van der Waals surface area (Å²) in [7, 11) is 1.70. The molecule has 0 unspecified atom stereocenters. The van der Waals surface area contributed by atoms with E-state index >= 15 is 0 Å². The minimum atomic E-state index is -0.449. The number of aromatic hydroxyl groups is 1. The third-order valence-electron chi connectivity index (χ3n) is 4.71. The lowest BCUT2D eigenvalue weighted by atomic mass is 10.1. The van der Waals surface area contributed by atoms with Gasteiger partial charge in [0.1, 0.15) is 11.3 Å². The molecule has 0 spiro atoms. The molecule has 3 N–H and O–H groups in total. The van der Waals surface area contributed by atoms with Crippen LogP contribution in [0.2, 0.25) is 0 Å². The maximum atomic E-state index is 12.3. The molecule has 2 aromatic heterocycles. The predicted molar refractivity (Wildman–Crippen MR) is 111 cm³/mol. The van der Waals surface area contributed by atoms with Gasteiger partial charge in [-0.1, -0.05) is 24.3 Å². The lowest BCUT2D eigenvalue weighted by molar-refractivity contribution is 0.479. The molecular weight excluding hydrogens is 356 g/mol. The van der Waals surface area contributed by atoms with Crippen LogP contribution < -0.4 is 16.5 Å². The van der Waals surface area contributed by atoms with Crippen LogP contribution in [0.5, 0.6) is 5.75 Å². The van der Waals surface area contributed by atoms with Gasteiger partial charge in [0.05, 0.1) is 22.9 Å². The van der Waals surface area contributed by atoms with E-state index in [9.17, 15) is 14.7 Å². The molecule has 0 amide bonds. The van der Waals surface area contributed by atoms with E-state index in [4.69, 9.17) is 0 Å². The number of benzene rings is 2. The number of anilines is 1. The fourth-order valence-corrected chi connectivity index (χ4v) is 3.20. The number of hydrogen-bond acceptors (Lipinski definition) is 5. The summed E-state index contributed by atoms with van der Waals surface area (Å²) in [6, 6.07) is 14.3. The van der Waals surface area contributed by atoms with Gasteiger partial charge in [-0.3, -0.25) is 15.0 Å². The fraction of sp³-hybridized carbons (Fsp3) is 0.0952. The number of nitrogens with zero attached hydrogens (tertiary/aromatic N) is 2. The zero-order valence-corrected chi connectivity index (χ0v) is 15.4. The molecule has 7 nitrogen and oxygen atoms in total. The molecule has 28 heavy (non-hydrogen) atoms. The van der Waals surface area contributed by atoms with Gasteiger partial charge in [-0.15, -0.1) is 0 Å². The van der Waals surface area contributed by atoms with Crippen molar-refractivity contribution in [2.45, 2.75) is 6.92 Å². The summed E-state index contributed by atoms with van der Waals surface area (Å²) in [5, 5.41) is 15.9. The predicted octanol–water partition coefficient (Wildman–Crippen LogP) is 2.84. The lowest BCUT2D eigenvalue weighted by Gasteiger charge is -2.09. The summed E-state index contributed by atoms with van der Waals surface area (Å²) in [6.07, 6.45) is 1.25. The Morgan fingerprint density at radius 1 is 1.11 bits per heavy atom. The molecule has 4 rings (SSSR count). The minimum absolute atomic E-state index is 0.0389. The molecule has 140 valence electrons. The number of hydrogen-bond donors (Lipinski definition) is 3. The Morgan fingerprint density at radius 2 is 1.89 bits per heavy atom. The van der Waals surface area contributed by atoms with E-state index in [2.05, 4.69) is 15.5 Å². The normalized spacial score (nSPS) is 11.5. The molecule has 2 aromatic carbocycles. The van der Waals surface area contributed by atoms with Crippen molar-refractivity contribution in [1.29, 1.82) is 0 Å². The van der Waals surface area contributed by atoms with E-state index in [0.29, 0.717) is 16.6 Å². The Morgan fingerprint density at radius 3 is 2.71 bits per heavy atom. The highest BCUT2D eigenvalue weighted by molar-refractivity contribution is 5.96. The Balaban J connectivity index is 1.75. The van der Waals surface area contributed by atoms with E-state index in [1.54, 1.807) is 23.7 Å². The van der Waals surface area contributed by atoms with Crippen LogP contribution in [0.15, 0.2) is 63.2 Å². The summed E-state index contributed by atoms with van der Waals surface area (Å²) in [5.74, 6) is -0.141. The second-order valence-electron chi connectivity index (χ2n) is 6.61. The number of nitrogens with one attached hydrogen (secondary N) is 2. The molecule has 0 aliphatic heterocycles. The van der Waals surface area contributed by atoms with Crippen molar-refractivity contribution in [2.24, 2.45) is 12.1 Å². The molecule has 0 radical (unpaired) electrons. The highest BCUT2D eigenvalue weighted by Gasteiger charge is 2.10. The van der Waals surface area contributed by atoms with E-state index < -0.39 is 5.56 Å². The zero-order valence-electron chi connectivity index (χ0n) is 15.4. The Kier molecular flexibility index (Phi) is 4.19. The van der Waals surface area contributed by atoms with E-state index in [1.165, 1.54) is 12.3 Å². The molecule has 0 atom stereocenters. The number of rotatable bonds is 3. The van der Waals surface area contributed by atoms with Crippen molar-refractivity contribution in [3.63, 3.8) is 0 Å². The SMILES string of the molecule is Cc1ccc2c(O)c(/C=N/Nc3cc(=O)n(C)c4ccccc34)c(=O)[nH]c2c1. The second-order valence-corrected chi connectivity index (χ2v) is 6.61. The second kappa shape index (κ2) is 6.70. The van der Waals surface area contributed by atoms with Crippen LogP contribution in [0, 0.1) is 6.92 Å². The standard InChI is InChI=1S/C21H18N4O3/c1-12-7-8-14-16(9-12)23-21(28)15(20(14)27)11-22-24-17-10-19(26)25(2)18-6-4-3-5-13(17)18/h3-11,24H,1-2H3,(H2,23,27,28)/b22-11+. The molecule has 0 saturated heterocycles. The number of aromatic nitrogens is 2. The number of H-pyrrole nitrogens is 1. The Labute approximate surface area is 159 Å². The first-order chi connectivity index (χ1) is 13.5. The van der Waals surface area contributed by atoms with Crippen LogP contribution in [0.1, 0.15) is 11.1 Å². The van der Waals surface area contributed by atoms with Crippen molar-refractivity contribution in [3.8, 4) is 5.75 Å². The maximum absolute atomic E-state index is 12.3. The van der Waals surface area contributed by atoms with Gasteiger partial charge in [-0.25, -0.2) is 0 Å². The van der Waals surface area contributed by atoms with E-state index in [0.717, 1.165) is 16.5 Å². The molecule has 7 heteroatoms. The van der Waals surface area contributed by atoms with Crippen molar-refractivity contribution in [3.05, 3.63) is 80.4 Å². The molecule has 0 aliphatic rings. The van der Waals surface area contributed by atoms with Crippen molar-refractivity contribution in [2.75, 3.05) is 5.43 Å². The monoisotopic (exact) mass is 374 g/mol. The summed E-state index contributed by atoms with van der Waals surface area (Å²) in [6.45, 7) is 1.91. The summed E-state index contributed by atoms with van der Waals surface area (Å²) in [4.78, 5) is 27.2. The first-order valence-electron chi connectivity index (χ1n) is 8.69. The maximum Gasteiger partial charge on any atom is 0.261 e. The molecular formula is C21H18N4O3. The quantitative estimate of drug-likeness (QED) is 0.379. The van der Waals surface area contributed by atoms with Gasteiger partial charge < -0.3 is 14.7 Å². The van der Waals surface area contributed by atoms with Gasteiger partial charge in [0.15, 0.2) is 0 Å². The molecule has 2 heterocycles. The van der Waals surface area contributed by atoms with Crippen LogP contribution in [-0.4, -0.2) is 20.9 Å². The van der Waals surface area contributed by atoms with Gasteiger partial charge in [-0.05, 0) is 30.7 Å². The first-order valence-corrected chi connectivity index (χ1v) is 8.69. The van der Waals surface area contributed by atoms with Gasteiger partial charge in [0.25, 0.3) is 11.1 Å². The van der Waals surface area contributed by atoms with Crippen LogP contribution >= 0.6 is 0 Å². The van der Waals surface area contributed by atoms with Crippen molar-refractivity contribution < 1.29 is 5.11 Å². The minimum Gasteiger partial charge on any atom is -0.506 e. The highest BCUT2D eigenvalue weighted by atomic mass is 16.3. The Bertz CT molecular complexity index is 1370. The summed E-state index contributed by atoms with van der Waals surface area (Å²) >= 11 is 0. The van der Waals surface area contributed by atoms with Gasteiger partial charge in [0.2, 0.25) is 0 Å². The lowest BCUT2D eigenvalue weighted by Crippen LogP contribution is -2.17. The number of aryl methyl sites for hydroxylation is 2. The van der Waals surface area contributed by atoms with Crippen LogP contribution in [0.3, 0.4) is 0 Å². The topological polar surface area (TPSA) is 99.5 Å². The van der Waals surface area contributed by atoms with Gasteiger partial charge >= 0.3 is 0 Å². The van der Waals surface area contributed by atoms with Crippen LogP contribution in [-0.2, 0) is 7.05 Å². The first kappa shape index (κ1) is 17.5. The van der Waals surface area contributed by atoms with Gasteiger partial charge in [0, 0.05) is 23.9 Å². The van der Waals surface area contributed by atoms with Gasteiger partial charge in [-0.2, -0.15) is 5.10 Å². The summed E-state index contributed by atoms with van der Waals surface area (Å²) in [5.41, 5.74) is 5.03. The summed E-state index contributed by atoms with van der Waals surface area (Å²) < 4.78 is 1.55. The molecule has 0 bridgehead atoms. The van der Waals surface area contributed by atoms with E-state index in [1.807, 2.05) is 37.3 Å². The highest BCUT2D eigenvalue weighted by Crippen LogP contribution is 2.25. The number of fused-ring (bicyclic) bond motifs is 2. The molecule has 0 saturated carbocycles. The van der Waals surface area contributed by atoms with Crippen LogP contribution in [0.4, 0.5) is 5.69 Å². The number of aromatic amines is 1. The average molecular weight is 374 g/mol. The largest absolute Gasteiger partial charge is 0.506 e. The number of pyridine rings is 2. The van der Waals surface area contributed by atoms with E-state index in [-0.39, 0.29) is 16.9 Å². The van der Waals surface area contributed by atoms with Crippen molar-refractivity contribution >= 4 is 33.7 Å². The molecule has 4 aromatic rings.